The number of amides is 3. The zero-order valence-corrected chi connectivity index (χ0v) is 18.2. The van der Waals surface area contributed by atoms with E-state index >= 15 is 0 Å². The summed E-state index contributed by atoms with van der Waals surface area (Å²) in [5.41, 5.74) is 5.57. The predicted octanol–water partition coefficient (Wildman–Crippen LogP) is 5.33. The molecule has 0 spiro atoms. The highest BCUT2D eigenvalue weighted by molar-refractivity contribution is 6.30. The molecule has 1 saturated carbocycles. The van der Waals surface area contributed by atoms with Gasteiger partial charge in [-0.2, -0.15) is 0 Å². The molecular weight excluding hydrogens is 374 g/mol. The summed E-state index contributed by atoms with van der Waals surface area (Å²) in [5.74, 6) is 0.0885. The molecule has 0 aliphatic heterocycles. The van der Waals surface area contributed by atoms with Crippen LogP contribution in [-0.2, 0) is 4.79 Å². The average Bonchev–Trinajstić information content (AvgIpc) is 2.65. The molecule has 0 radical (unpaired) electrons. The van der Waals surface area contributed by atoms with Gasteiger partial charge in [-0.1, -0.05) is 69.7 Å². The molecule has 0 aromatic heterocycles. The molecule has 1 aliphatic carbocycles. The number of nitrogens with two attached hydrogens (primary N) is 1. The average molecular weight is 410 g/mol. The molecule has 6 heteroatoms. The maximum atomic E-state index is 12.5. The fourth-order valence-electron chi connectivity index (χ4n) is 3.77. The van der Waals surface area contributed by atoms with Crippen molar-refractivity contribution < 1.29 is 9.59 Å². The molecule has 3 amide bonds. The molecule has 1 fully saturated rings. The van der Waals surface area contributed by atoms with Crippen LogP contribution in [0.5, 0.6) is 0 Å². The van der Waals surface area contributed by atoms with E-state index < -0.39 is 0 Å². The molecule has 5 nitrogen and oxygen atoms in total. The number of carbonyl (C=O) groups is 2. The molecule has 0 saturated heterocycles. The third-order valence-electron chi connectivity index (χ3n) is 5.09. The van der Waals surface area contributed by atoms with E-state index in [0.717, 1.165) is 42.7 Å². The molecule has 2 atom stereocenters. The number of primary amides is 1. The molecule has 1 aromatic carbocycles. The molecule has 28 heavy (non-hydrogen) atoms. The van der Waals surface area contributed by atoms with Gasteiger partial charge in [0, 0.05) is 18.0 Å². The number of nitrogens with one attached hydrogen (secondary N) is 2. The summed E-state index contributed by atoms with van der Waals surface area (Å²) in [6.45, 7) is 5.69. The Hall–Kier alpha value is -1.75. The van der Waals surface area contributed by atoms with Crippen molar-refractivity contribution in [2.24, 2.45) is 11.7 Å². The number of urea groups is 1. The van der Waals surface area contributed by atoms with E-state index in [4.69, 9.17) is 11.6 Å². The summed E-state index contributed by atoms with van der Waals surface area (Å²) in [4.78, 5) is 21.8. The van der Waals surface area contributed by atoms with Gasteiger partial charge < -0.3 is 16.4 Å². The summed E-state index contributed by atoms with van der Waals surface area (Å²) in [7, 11) is 0. The Morgan fingerprint density at radius 1 is 1.21 bits per heavy atom. The monoisotopic (exact) mass is 409 g/mol. The second-order valence-corrected chi connectivity index (χ2v) is 7.99. The van der Waals surface area contributed by atoms with Crippen LogP contribution in [0, 0.1) is 5.92 Å². The molecule has 0 heterocycles. The normalized spacial score (nSPS) is 16.3. The lowest BCUT2D eigenvalue weighted by atomic mass is 9.87. The summed E-state index contributed by atoms with van der Waals surface area (Å²) in [6.07, 6.45) is 9.17. The summed E-state index contributed by atoms with van der Waals surface area (Å²) < 4.78 is 0. The van der Waals surface area contributed by atoms with Gasteiger partial charge in [-0.25, -0.2) is 4.79 Å². The van der Waals surface area contributed by atoms with E-state index in [9.17, 15) is 9.59 Å². The number of carbonyl (C=O) groups excluding carboxylic acids is 2. The van der Waals surface area contributed by atoms with Gasteiger partial charge in [0.15, 0.2) is 0 Å². The van der Waals surface area contributed by atoms with Crippen molar-refractivity contribution in [1.82, 2.24) is 10.6 Å². The topological polar surface area (TPSA) is 84.2 Å². The van der Waals surface area contributed by atoms with Gasteiger partial charge in [0.2, 0.25) is 5.91 Å². The second kappa shape index (κ2) is 13.4. The zero-order valence-electron chi connectivity index (χ0n) is 17.5. The van der Waals surface area contributed by atoms with Crippen molar-refractivity contribution in [3.8, 4) is 0 Å². The number of hydrogen-bond donors (Lipinski definition) is 3. The second-order valence-electron chi connectivity index (χ2n) is 7.55. The van der Waals surface area contributed by atoms with Crippen molar-refractivity contribution in [2.75, 3.05) is 0 Å². The quantitative estimate of drug-likeness (QED) is 0.568. The van der Waals surface area contributed by atoms with Crippen LogP contribution >= 0.6 is 11.6 Å². The summed E-state index contributed by atoms with van der Waals surface area (Å²) >= 11 is 6.18. The van der Waals surface area contributed by atoms with Crippen LogP contribution in [0.15, 0.2) is 24.3 Å². The maximum absolute atomic E-state index is 12.5. The fraction of sp³-hybridized carbons (Fsp3) is 0.636. The van der Waals surface area contributed by atoms with Crippen molar-refractivity contribution in [3.63, 3.8) is 0 Å². The molecule has 4 N–H and O–H groups in total. The van der Waals surface area contributed by atoms with E-state index in [-0.39, 0.29) is 18.0 Å². The fourth-order valence-corrected chi connectivity index (χ4v) is 3.96. The Labute approximate surface area is 174 Å². The van der Waals surface area contributed by atoms with Gasteiger partial charge in [-0.15, -0.1) is 0 Å². The smallest absolute Gasteiger partial charge is 0.315 e. The minimum absolute atomic E-state index is 0.0113. The van der Waals surface area contributed by atoms with Crippen LogP contribution in [0.4, 0.5) is 4.79 Å². The Morgan fingerprint density at radius 2 is 1.86 bits per heavy atom. The van der Waals surface area contributed by atoms with Crippen LogP contribution in [0.1, 0.15) is 83.7 Å². The van der Waals surface area contributed by atoms with Crippen molar-refractivity contribution in [1.29, 1.82) is 0 Å². The first-order valence-corrected chi connectivity index (χ1v) is 10.8. The first-order chi connectivity index (χ1) is 13.4. The molecule has 1 aromatic rings. The first-order valence-electron chi connectivity index (χ1n) is 10.5. The largest absolute Gasteiger partial charge is 0.370 e. The molecule has 2 rings (SSSR count). The Bertz CT molecular complexity index is 599. The Balaban J connectivity index is 0.000000892. The molecule has 2 unspecified atom stereocenters. The highest BCUT2D eigenvalue weighted by Gasteiger charge is 2.24. The third-order valence-corrected chi connectivity index (χ3v) is 5.33. The van der Waals surface area contributed by atoms with Crippen molar-refractivity contribution in [2.45, 2.75) is 84.2 Å². The van der Waals surface area contributed by atoms with Gasteiger partial charge in [0.25, 0.3) is 0 Å². The van der Waals surface area contributed by atoms with Crippen LogP contribution in [0.25, 0.3) is 0 Å². The summed E-state index contributed by atoms with van der Waals surface area (Å²) in [6, 6.07) is 8.18. The standard InChI is InChI=1S/C20H31ClN2O.C2H5NO/c1-3-9-15(4-2)19(16-10-8-11-17(21)14-16)23-20(24)22-18-12-6-5-7-13-18;1-2(3)4/h8,10-11,14-15,18-19H,3-7,9,12-13H2,1-2H3,(H2,22,23,24);1H3,(H2,3,4). The molecular formula is C22H36ClN3O2. The predicted molar refractivity (Wildman–Crippen MR) is 116 cm³/mol. The Kier molecular flexibility index (Phi) is 11.7. The zero-order chi connectivity index (χ0) is 20.9. The maximum Gasteiger partial charge on any atom is 0.315 e. The van der Waals surface area contributed by atoms with Gasteiger partial charge in [-0.3, -0.25) is 4.79 Å². The van der Waals surface area contributed by atoms with Crippen LogP contribution in [0.2, 0.25) is 5.02 Å². The number of rotatable bonds is 7. The molecule has 1 aliphatic rings. The van der Waals surface area contributed by atoms with Gasteiger partial charge in [-0.05, 0) is 42.9 Å². The minimum atomic E-state index is -0.333. The minimum Gasteiger partial charge on any atom is -0.370 e. The highest BCUT2D eigenvalue weighted by atomic mass is 35.5. The van der Waals surface area contributed by atoms with Crippen molar-refractivity contribution in [3.05, 3.63) is 34.9 Å². The molecule has 0 bridgehead atoms. The summed E-state index contributed by atoms with van der Waals surface area (Å²) in [5, 5.41) is 7.13. The number of hydrogen-bond acceptors (Lipinski definition) is 2. The Morgan fingerprint density at radius 3 is 2.39 bits per heavy atom. The van der Waals surface area contributed by atoms with E-state index in [1.165, 1.54) is 26.2 Å². The van der Waals surface area contributed by atoms with E-state index in [1.54, 1.807) is 0 Å². The lowest BCUT2D eigenvalue weighted by molar-refractivity contribution is -0.115. The third kappa shape index (κ3) is 9.45. The number of benzene rings is 1. The van der Waals surface area contributed by atoms with Crippen molar-refractivity contribution >= 4 is 23.5 Å². The lowest BCUT2D eigenvalue weighted by Crippen LogP contribution is -2.45. The van der Waals surface area contributed by atoms with Crippen LogP contribution < -0.4 is 16.4 Å². The lowest BCUT2D eigenvalue weighted by Gasteiger charge is -2.30. The van der Waals surface area contributed by atoms with E-state index in [1.807, 2.05) is 18.2 Å². The molecule has 158 valence electrons. The van der Waals surface area contributed by atoms with E-state index in [2.05, 4.69) is 36.3 Å². The van der Waals surface area contributed by atoms with Crippen LogP contribution in [-0.4, -0.2) is 18.0 Å². The SMILES string of the molecule is CC(N)=O.CCCC(CC)C(NC(=O)NC1CCCCC1)c1cccc(Cl)c1. The van der Waals surface area contributed by atoms with Crippen LogP contribution in [0.3, 0.4) is 0 Å². The van der Waals surface area contributed by atoms with E-state index in [0.29, 0.717) is 12.0 Å². The van der Waals surface area contributed by atoms with Gasteiger partial charge >= 0.3 is 6.03 Å². The highest BCUT2D eigenvalue weighted by Crippen LogP contribution is 2.30. The first kappa shape index (κ1) is 24.3. The number of halogens is 1. The van der Waals surface area contributed by atoms with Gasteiger partial charge in [0.1, 0.15) is 0 Å². The van der Waals surface area contributed by atoms with Gasteiger partial charge in [0.05, 0.1) is 6.04 Å².